The lowest BCUT2D eigenvalue weighted by molar-refractivity contribution is 0.115. The first-order chi connectivity index (χ1) is 17.0. The lowest BCUT2D eigenvalue weighted by Crippen LogP contribution is -2.35. The molecular formula is C25H27FN6O2S. The van der Waals surface area contributed by atoms with Crippen LogP contribution < -0.4 is 14.8 Å². The number of aromatic nitrogens is 4. The second kappa shape index (κ2) is 10.1. The number of likely N-dealkylation sites (tertiary alicyclic amines) is 1. The summed E-state index contributed by atoms with van der Waals surface area (Å²) < 4.78 is 28.7. The molecule has 10 heteroatoms. The van der Waals surface area contributed by atoms with Crippen molar-refractivity contribution >= 4 is 34.2 Å². The molecule has 8 nitrogen and oxygen atoms in total. The number of hydrogen-bond acceptors (Lipinski definition) is 8. The minimum absolute atomic E-state index is 0.0921. The highest BCUT2D eigenvalue weighted by molar-refractivity contribution is 7.99. The van der Waals surface area contributed by atoms with E-state index in [1.165, 1.54) is 24.2 Å². The van der Waals surface area contributed by atoms with Crippen LogP contribution in [0.25, 0.3) is 10.9 Å². The third-order valence-electron chi connectivity index (χ3n) is 6.04. The van der Waals surface area contributed by atoms with Crippen LogP contribution in [0.4, 0.5) is 15.9 Å². The number of benzene rings is 2. The van der Waals surface area contributed by atoms with Crippen molar-refractivity contribution in [2.75, 3.05) is 32.6 Å². The van der Waals surface area contributed by atoms with Gasteiger partial charge in [-0.3, -0.25) is 0 Å². The Morgan fingerprint density at radius 2 is 1.91 bits per heavy atom. The summed E-state index contributed by atoms with van der Waals surface area (Å²) in [6, 6.07) is 8.72. The molecule has 1 saturated heterocycles. The highest BCUT2D eigenvalue weighted by atomic mass is 32.2. The van der Waals surface area contributed by atoms with Crippen molar-refractivity contribution in [3.63, 3.8) is 0 Å². The maximum atomic E-state index is 14.9. The van der Waals surface area contributed by atoms with Gasteiger partial charge in [0.1, 0.15) is 35.6 Å². The van der Waals surface area contributed by atoms with E-state index in [0.29, 0.717) is 33.4 Å². The number of imidazole rings is 1. The zero-order valence-electron chi connectivity index (χ0n) is 19.9. The number of anilines is 2. The molecule has 182 valence electrons. The summed E-state index contributed by atoms with van der Waals surface area (Å²) in [5.41, 5.74) is 1.26. The van der Waals surface area contributed by atoms with E-state index in [1.54, 1.807) is 19.4 Å². The third-order valence-corrected chi connectivity index (χ3v) is 7.17. The van der Waals surface area contributed by atoms with Gasteiger partial charge in [0.05, 0.1) is 22.9 Å². The van der Waals surface area contributed by atoms with Gasteiger partial charge in [-0.05, 0) is 49.9 Å². The van der Waals surface area contributed by atoms with Crippen LogP contribution in [0, 0.1) is 5.82 Å². The number of ether oxygens (including phenoxy) is 2. The predicted molar refractivity (Wildman–Crippen MR) is 134 cm³/mol. The number of fused-ring (bicyclic) bond motifs is 1. The highest BCUT2D eigenvalue weighted by Gasteiger charge is 2.21. The molecule has 4 aromatic rings. The molecule has 1 aliphatic heterocycles. The van der Waals surface area contributed by atoms with Crippen molar-refractivity contribution in [2.24, 2.45) is 7.05 Å². The summed E-state index contributed by atoms with van der Waals surface area (Å²) in [5, 5.41) is 4.71. The average Bonchev–Trinajstić information content (AvgIpc) is 3.26. The molecule has 0 aliphatic carbocycles. The van der Waals surface area contributed by atoms with Crippen LogP contribution in [-0.2, 0) is 7.05 Å². The van der Waals surface area contributed by atoms with Gasteiger partial charge in [0.25, 0.3) is 0 Å². The average molecular weight is 495 g/mol. The number of piperidine rings is 1. The summed E-state index contributed by atoms with van der Waals surface area (Å²) in [6.45, 7) is 1.96. The molecule has 0 spiro atoms. The van der Waals surface area contributed by atoms with Crippen LogP contribution in [0.3, 0.4) is 0 Å². The number of hydrogen-bond donors (Lipinski definition) is 1. The predicted octanol–water partition coefficient (Wildman–Crippen LogP) is 4.88. The first-order valence-electron chi connectivity index (χ1n) is 11.4. The van der Waals surface area contributed by atoms with Gasteiger partial charge >= 0.3 is 0 Å². The van der Waals surface area contributed by atoms with Crippen molar-refractivity contribution in [1.29, 1.82) is 0 Å². The molecule has 0 saturated carbocycles. The summed E-state index contributed by atoms with van der Waals surface area (Å²) in [7, 11) is 5.62. The van der Waals surface area contributed by atoms with Gasteiger partial charge in [-0.2, -0.15) is 0 Å². The first-order valence-corrected chi connectivity index (χ1v) is 12.2. The van der Waals surface area contributed by atoms with Gasteiger partial charge in [0.15, 0.2) is 5.16 Å². The monoisotopic (exact) mass is 494 g/mol. The number of methoxy groups -OCH3 is 1. The lowest BCUT2D eigenvalue weighted by atomic mass is 10.1. The molecule has 35 heavy (non-hydrogen) atoms. The molecule has 0 atom stereocenters. The van der Waals surface area contributed by atoms with Crippen molar-refractivity contribution in [2.45, 2.75) is 29.0 Å². The van der Waals surface area contributed by atoms with Crippen molar-refractivity contribution < 1.29 is 13.9 Å². The third kappa shape index (κ3) is 5.18. The molecule has 1 N–H and O–H groups in total. The fourth-order valence-electron chi connectivity index (χ4n) is 4.06. The Morgan fingerprint density at radius 3 is 2.63 bits per heavy atom. The zero-order chi connectivity index (χ0) is 24.4. The molecule has 5 rings (SSSR count). The SMILES string of the molecule is COc1cc(OC2CCN(C)CC2)c2c(Nc3ccc(Sc4nccn4C)c(F)c3)ncnc2c1. The van der Waals surface area contributed by atoms with E-state index >= 15 is 0 Å². The van der Waals surface area contributed by atoms with Crippen molar-refractivity contribution in [3.05, 3.63) is 54.9 Å². The van der Waals surface area contributed by atoms with E-state index in [0.717, 1.165) is 36.5 Å². The van der Waals surface area contributed by atoms with E-state index < -0.39 is 0 Å². The lowest BCUT2D eigenvalue weighted by Gasteiger charge is -2.29. The molecule has 2 aromatic heterocycles. The van der Waals surface area contributed by atoms with Gasteiger partial charge in [-0.1, -0.05) is 0 Å². The van der Waals surface area contributed by atoms with Gasteiger partial charge < -0.3 is 24.3 Å². The van der Waals surface area contributed by atoms with E-state index in [4.69, 9.17) is 9.47 Å². The second-order valence-electron chi connectivity index (χ2n) is 8.56. The Kier molecular flexibility index (Phi) is 6.74. The number of halogens is 1. The summed E-state index contributed by atoms with van der Waals surface area (Å²) in [6.07, 6.45) is 6.96. The van der Waals surface area contributed by atoms with Gasteiger partial charge in [-0.15, -0.1) is 0 Å². The minimum atomic E-state index is -0.342. The van der Waals surface area contributed by atoms with Crippen LogP contribution in [0.15, 0.2) is 59.1 Å². The van der Waals surface area contributed by atoms with Crippen molar-refractivity contribution in [1.82, 2.24) is 24.4 Å². The van der Waals surface area contributed by atoms with Crippen LogP contribution >= 0.6 is 11.8 Å². The molecule has 2 aromatic carbocycles. The highest BCUT2D eigenvalue weighted by Crippen LogP contribution is 2.37. The Labute approximate surface area is 207 Å². The van der Waals surface area contributed by atoms with Crippen LogP contribution in [0.2, 0.25) is 0 Å². The first kappa shape index (κ1) is 23.4. The Hall–Kier alpha value is -3.37. The molecule has 0 bridgehead atoms. The fourth-order valence-corrected chi connectivity index (χ4v) is 4.87. The Morgan fingerprint density at radius 1 is 1.09 bits per heavy atom. The summed E-state index contributed by atoms with van der Waals surface area (Å²) in [5.74, 6) is 1.52. The Bertz CT molecular complexity index is 1340. The Balaban J connectivity index is 1.45. The smallest absolute Gasteiger partial charge is 0.172 e. The summed E-state index contributed by atoms with van der Waals surface area (Å²) in [4.78, 5) is 15.9. The molecule has 1 fully saturated rings. The van der Waals surface area contributed by atoms with Crippen LogP contribution in [0.1, 0.15) is 12.8 Å². The number of aryl methyl sites for hydroxylation is 1. The quantitative estimate of drug-likeness (QED) is 0.390. The molecule has 0 amide bonds. The molecular weight excluding hydrogens is 467 g/mol. The standard InChI is InChI=1S/C25H27FN6O2S/c1-31-9-6-17(7-10-31)34-21-14-18(33-3)13-20-23(21)24(29-15-28-20)30-16-4-5-22(19(26)12-16)35-25-27-8-11-32(25)2/h4-5,8,11-15,17H,6-7,9-10H2,1-3H3,(H,28,29,30). The molecule has 1 aliphatic rings. The fraction of sp³-hybridized carbons (Fsp3) is 0.320. The van der Waals surface area contributed by atoms with Crippen molar-refractivity contribution in [3.8, 4) is 11.5 Å². The zero-order valence-corrected chi connectivity index (χ0v) is 20.7. The largest absolute Gasteiger partial charge is 0.497 e. The van der Waals surface area contributed by atoms with Crippen LogP contribution in [-0.4, -0.2) is 57.8 Å². The molecule has 0 radical (unpaired) electrons. The molecule has 3 heterocycles. The maximum Gasteiger partial charge on any atom is 0.172 e. The van der Waals surface area contributed by atoms with E-state index in [1.807, 2.05) is 36.0 Å². The van der Waals surface area contributed by atoms with E-state index in [-0.39, 0.29) is 11.9 Å². The topological polar surface area (TPSA) is 77.3 Å². The minimum Gasteiger partial charge on any atom is -0.497 e. The van der Waals surface area contributed by atoms with E-state index in [9.17, 15) is 4.39 Å². The number of nitrogens with zero attached hydrogens (tertiary/aromatic N) is 5. The van der Waals surface area contributed by atoms with Gasteiger partial charge in [-0.25, -0.2) is 19.3 Å². The van der Waals surface area contributed by atoms with E-state index in [2.05, 4.69) is 32.2 Å². The second-order valence-corrected chi connectivity index (χ2v) is 9.56. The molecule has 0 unspecified atom stereocenters. The maximum absolute atomic E-state index is 14.9. The van der Waals surface area contributed by atoms with Gasteiger partial charge in [0.2, 0.25) is 0 Å². The van der Waals surface area contributed by atoms with Crippen LogP contribution in [0.5, 0.6) is 11.5 Å². The summed E-state index contributed by atoms with van der Waals surface area (Å²) >= 11 is 1.28. The van der Waals surface area contributed by atoms with Gasteiger partial charge in [0, 0.05) is 50.4 Å². The normalized spacial score (nSPS) is 14.9. The number of rotatable bonds is 7. The number of nitrogens with one attached hydrogen (secondary N) is 1.